The summed E-state index contributed by atoms with van der Waals surface area (Å²) < 4.78 is 33.5. The van der Waals surface area contributed by atoms with Gasteiger partial charge in [-0.05, 0) is 56.9 Å². The van der Waals surface area contributed by atoms with E-state index < -0.39 is 10.0 Å². The first-order valence-corrected chi connectivity index (χ1v) is 10.8. The van der Waals surface area contributed by atoms with Crippen molar-refractivity contribution in [3.05, 3.63) is 23.8 Å². The Kier molecular flexibility index (Phi) is 7.46. The lowest BCUT2D eigenvalue weighted by Gasteiger charge is -2.22. The zero-order chi connectivity index (χ0) is 19.2. The number of aryl methyl sites for hydroxylation is 1. The summed E-state index contributed by atoms with van der Waals surface area (Å²) in [5.74, 6) is 0.329. The van der Waals surface area contributed by atoms with Crippen LogP contribution < -0.4 is 14.8 Å². The highest BCUT2D eigenvalue weighted by Gasteiger charge is 2.22. The largest absolute Gasteiger partial charge is 0.484 e. The second kappa shape index (κ2) is 9.37. The summed E-state index contributed by atoms with van der Waals surface area (Å²) in [5, 5.41) is 2.83. The lowest BCUT2D eigenvalue weighted by atomic mass is 9.96. The molecule has 1 aromatic carbocycles. The van der Waals surface area contributed by atoms with Gasteiger partial charge in [0.2, 0.25) is 10.0 Å². The molecule has 146 valence electrons. The zero-order valence-electron chi connectivity index (χ0n) is 15.9. The molecule has 2 N–H and O–H groups in total. The molecule has 26 heavy (non-hydrogen) atoms. The van der Waals surface area contributed by atoms with E-state index in [0.717, 1.165) is 32.1 Å². The summed E-state index contributed by atoms with van der Waals surface area (Å²) >= 11 is 0. The number of nitrogens with one attached hydrogen (secondary N) is 2. The molecule has 0 unspecified atom stereocenters. The highest BCUT2D eigenvalue weighted by molar-refractivity contribution is 7.89. The molecule has 0 heterocycles. The third kappa shape index (κ3) is 5.99. The molecule has 6 nitrogen and oxygen atoms in total. The van der Waals surface area contributed by atoms with Crippen molar-refractivity contribution in [2.75, 3.05) is 6.61 Å². The molecule has 1 aliphatic carbocycles. The van der Waals surface area contributed by atoms with E-state index in [0.29, 0.717) is 11.3 Å². The van der Waals surface area contributed by atoms with E-state index in [1.165, 1.54) is 12.5 Å². The second-order valence-corrected chi connectivity index (χ2v) is 8.76. The lowest BCUT2D eigenvalue weighted by molar-refractivity contribution is -0.123. The fourth-order valence-corrected chi connectivity index (χ4v) is 4.41. The van der Waals surface area contributed by atoms with Gasteiger partial charge >= 0.3 is 0 Å². The predicted molar refractivity (Wildman–Crippen MR) is 102 cm³/mol. The number of amides is 1. The smallest absolute Gasteiger partial charge is 0.258 e. The maximum Gasteiger partial charge on any atom is 0.258 e. The van der Waals surface area contributed by atoms with Crippen molar-refractivity contribution >= 4 is 15.9 Å². The molecular weight excluding hydrogens is 352 g/mol. The van der Waals surface area contributed by atoms with E-state index in [1.807, 2.05) is 13.8 Å². The summed E-state index contributed by atoms with van der Waals surface area (Å²) in [4.78, 5) is 12.0. The number of rotatable bonds is 8. The molecule has 1 aliphatic rings. The van der Waals surface area contributed by atoms with Crippen molar-refractivity contribution in [2.45, 2.75) is 76.3 Å². The average molecular weight is 383 g/mol. The number of carbonyl (C=O) groups excluding carboxylic acids is 1. The Morgan fingerprint density at radius 1 is 1.27 bits per heavy atom. The molecule has 1 saturated carbocycles. The minimum atomic E-state index is -3.53. The molecule has 0 aromatic heterocycles. The van der Waals surface area contributed by atoms with Gasteiger partial charge in [0.1, 0.15) is 5.75 Å². The van der Waals surface area contributed by atoms with Crippen LogP contribution >= 0.6 is 0 Å². The number of ether oxygens (including phenoxy) is 1. The van der Waals surface area contributed by atoms with Crippen molar-refractivity contribution in [3.8, 4) is 5.75 Å². The molecule has 1 fully saturated rings. The van der Waals surface area contributed by atoms with Crippen LogP contribution in [-0.4, -0.2) is 33.0 Å². The van der Waals surface area contributed by atoms with Crippen LogP contribution in [0, 0.1) is 6.92 Å². The van der Waals surface area contributed by atoms with Gasteiger partial charge in [0, 0.05) is 12.1 Å². The van der Waals surface area contributed by atoms with Crippen LogP contribution in [0.3, 0.4) is 0 Å². The van der Waals surface area contributed by atoms with E-state index >= 15 is 0 Å². The van der Waals surface area contributed by atoms with E-state index in [1.54, 1.807) is 19.1 Å². The van der Waals surface area contributed by atoms with Crippen molar-refractivity contribution < 1.29 is 17.9 Å². The van der Waals surface area contributed by atoms with Gasteiger partial charge in [0.25, 0.3) is 5.91 Å². The normalized spacial score (nSPS) is 16.9. The summed E-state index contributed by atoms with van der Waals surface area (Å²) in [6, 6.07) is 4.86. The van der Waals surface area contributed by atoms with Gasteiger partial charge in [0.15, 0.2) is 6.61 Å². The Balaban J connectivity index is 1.98. The number of hydrogen-bond donors (Lipinski definition) is 2. The minimum absolute atomic E-state index is 0.0224. The van der Waals surface area contributed by atoms with Gasteiger partial charge in [-0.2, -0.15) is 0 Å². The summed E-state index contributed by atoms with van der Waals surface area (Å²) in [6.07, 6.45) is 5.95. The number of hydrogen-bond acceptors (Lipinski definition) is 4. The molecular formula is C19H30N2O4S. The standard InChI is InChI=1S/C19H30N2O4S/c1-4-15(3)20-19(22)13-25-18-11-10-17(12-14(18)2)26(23,24)21-16-8-6-5-7-9-16/h10-12,15-16,21H,4-9,13H2,1-3H3,(H,20,22)/t15-/m1/s1. The first-order chi connectivity index (χ1) is 12.3. The Labute approximate surface area is 156 Å². The third-order valence-electron chi connectivity index (χ3n) is 4.76. The average Bonchev–Trinajstić information content (AvgIpc) is 2.61. The molecule has 0 spiro atoms. The molecule has 0 aliphatic heterocycles. The van der Waals surface area contributed by atoms with Crippen molar-refractivity contribution in [1.82, 2.24) is 10.0 Å². The van der Waals surface area contributed by atoms with Gasteiger partial charge in [-0.3, -0.25) is 4.79 Å². The van der Waals surface area contributed by atoms with E-state index in [-0.39, 0.29) is 29.5 Å². The van der Waals surface area contributed by atoms with Crippen LogP contribution in [0.5, 0.6) is 5.75 Å². The Hall–Kier alpha value is -1.60. The van der Waals surface area contributed by atoms with Gasteiger partial charge in [0.05, 0.1) is 4.90 Å². The minimum Gasteiger partial charge on any atom is -0.484 e. The first-order valence-electron chi connectivity index (χ1n) is 9.37. The third-order valence-corrected chi connectivity index (χ3v) is 6.28. The highest BCUT2D eigenvalue weighted by atomic mass is 32.2. The monoisotopic (exact) mass is 382 g/mol. The summed E-state index contributed by atoms with van der Waals surface area (Å²) in [6.45, 7) is 5.62. The van der Waals surface area contributed by atoms with Gasteiger partial charge in [-0.15, -0.1) is 0 Å². The van der Waals surface area contributed by atoms with Crippen LogP contribution in [0.4, 0.5) is 0 Å². The molecule has 0 bridgehead atoms. The van der Waals surface area contributed by atoms with E-state index in [2.05, 4.69) is 10.0 Å². The van der Waals surface area contributed by atoms with Crippen molar-refractivity contribution in [2.24, 2.45) is 0 Å². The van der Waals surface area contributed by atoms with Crippen LogP contribution in [0.15, 0.2) is 23.1 Å². The Bertz CT molecular complexity index is 712. The van der Waals surface area contributed by atoms with Gasteiger partial charge in [-0.25, -0.2) is 13.1 Å². The van der Waals surface area contributed by atoms with Crippen molar-refractivity contribution in [1.29, 1.82) is 0 Å². The Morgan fingerprint density at radius 3 is 2.58 bits per heavy atom. The molecule has 2 rings (SSSR count). The molecule has 1 aromatic rings. The van der Waals surface area contributed by atoms with Crippen LogP contribution in [0.1, 0.15) is 57.9 Å². The fourth-order valence-electron chi connectivity index (χ4n) is 3.02. The molecule has 7 heteroatoms. The maximum atomic E-state index is 12.6. The van der Waals surface area contributed by atoms with Gasteiger partial charge in [-0.1, -0.05) is 26.2 Å². The number of carbonyl (C=O) groups is 1. The molecule has 1 amide bonds. The maximum absolute atomic E-state index is 12.6. The predicted octanol–water partition coefficient (Wildman–Crippen LogP) is 2.90. The SMILES string of the molecule is CC[C@@H](C)NC(=O)COc1ccc(S(=O)(=O)NC2CCCCC2)cc1C. The Morgan fingerprint density at radius 2 is 1.96 bits per heavy atom. The quantitative estimate of drug-likeness (QED) is 0.724. The molecule has 1 atom stereocenters. The molecule has 0 radical (unpaired) electrons. The second-order valence-electron chi connectivity index (χ2n) is 7.05. The highest BCUT2D eigenvalue weighted by Crippen LogP contribution is 2.24. The summed E-state index contributed by atoms with van der Waals surface area (Å²) in [5.41, 5.74) is 0.688. The first kappa shape index (κ1) is 20.7. The van der Waals surface area contributed by atoms with Crippen LogP contribution in [0.2, 0.25) is 0 Å². The van der Waals surface area contributed by atoms with Crippen LogP contribution in [-0.2, 0) is 14.8 Å². The van der Waals surface area contributed by atoms with Crippen molar-refractivity contribution in [3.63, 3.8) is 0 Å². The molecule has 0 saturated heterocycles. The topological polar surface area (TPSA) is 84.5 Å². The van der Waals surface area contributed by atoms with E-state index in [9.17, 15) is 13.2 Å². The zero-order valence-corrected chi connectivity index (χ0v) is 16.7. The van der Waals surface area contributed by atoms with Crippen LogP contribution in [0.25, 0.3) is 0 Å². The number of benzene rings is 1. The fraction of sp³-hybridized carbons (Fsp3) is 0.632. The summed E-state index contributed by atoms with van der Waals surface area (Å²) in [7, 11) is -3.53. The number of sulfonamides is 1. The van der Waals surface area contributed by atoms with Gasteiger partial charge < -0.3 is 10.1 Å². The van der Waals surface area contributed by atoms with E-state index in [4.69, 9.17) is 4.74 Å². The lowest BCUT2D eigenvalue weighted by Crippen LogP contribution is -2.36.